The molecule has 0 atom stereocenters. The maximum atomic E-state index is 12.3. The van der Waals surface area contributed by atoms with Crippen LogP contribution in [0.4, 0.5) is 0 Å². The van der Waals surface area contributed by atoms with Crippen molar-refractivity contribution in [1.29, 1.82) is 0 Å². The monoisotopic (exact) mass is 368 g/mol. The van der Waals surface area contributed by atoms with Crippen LogP contribution < -0.4 is 5.32 Å². The Morgan fingerprint density at radius 2 is 2.04 bits per heavy atom. The first-order valence-electron chi connectivity index (χ1n) is 8.74. The highest BCUT2D eigenvalue weighted by Gasteiger charge is 2.41. The first-order valence-corrected chi connectivity index (χ1v) is 9.55. The molecular weight excluding hydrogens is 348 g/mol. The van der Waals surface area contributed by atoms with Crippen molar-refractivity contribution in [3.63, 3.8) is 0 Å². The number of carbonyl (C=O) groups excluding carboxylic acids is 1. The van der Waals surface area contributed by atoms with E-state index in [0.717, 1.165) is 28.5 Å². The van der Waals surface area contributed by atoms with Gasteiger partial charge in [0.1, 0.15) is 10.0 Å². The normalized spacial score (nSPS) is 15.0. The molecule has 7 nitrogen and oxygen atoms in total. The van der Waals surface area contributed by atoms with Crippen molar-refractivity contribution >= 4 is 17.2 Å². The molecule has 1 aliphatic rings. The summed E-state index contributed by atoms with van der Waals surface area (Å²) in [6.07, 6.45) is 5.31. The van der Waals surface area contributed by atoms with Gasteiger partial charge in [-0.05, 0) is 24.7 Å². The van der Waals surface area contributed by atoms with E-state index in [1.807, 2.05) is 30.3 Å². The average Bonchev–Trinajstić information content (AvgIpc) is 3.08. The van der Waals surface area contributed by atoms with Gasteiger partial charge in [0.05, 0.1) is 12.7 Å². The Hall–Kier alpha value is -2.61. The van der Waals surface area contributed by atoms with Crippen LogP contribution in [0.25, 0.3) is 10.6 Å². The molecule has 8 heteroatoms. The summed E-state index contributed by atoms with van der Waals surface area (Å²) in [6.45, 7) is 3.36. The van der Waals surface area contributed by atoms with Crippen LogP contribution in [0, 0.1) is 5.41 Å². The van der Waals surface area contributed by atoms with E-state index in [0.29, 0.717) is 17.7 Å². The fourth-order valence-electron chi connectivity index (χ4n) is 2.89. The Balaban J connectivity index is 1.34. The van der Waals surface area contributed by atoms with Gasteiger partial charge in [-0.3, -0.25) is 9.48 Å². The summed E-state index contributed by atoms with van der Waals surface area (Å²) in [6, 6.07) is 9.87. The lowest BCUT2D eigenvalue weighted by atomic mass is 10.0. The first-order chi connectivity index (χ1) is 12.7. The van der Waals surface area contributed by atoms with Crippen molar-refractivity contribution in [1.82, 2.24) is 30.5 Å². The van der Waals surface area contributed by atoms with Gasteiger partial charge in [0.2, 0.25) is 0 Å². The Morgan fingerprint density at radius 3 is 2.77 bits per heavy atom. The molecule has 0 aliphatic heterocycles. The Morgan fingerprint density at radius 1 is 1.23 bits per heavy atom. The summed E-state index contributed by atoms with van der Waals surface area (Å²) < 4.78 is 1.78. The number of benzene rings is 1. The van der Waals surface area contributed by atoms with Crippen LogP contribution in [0.1, 0.15) is 41.7 Å². The number of aromatic nitrogens is 5. The highest BCUT2D eigenvalue weighted by Crippen LogP contribution is 2.49. The van der Waals surface area contributed by atoms with Gasteiger partial charge in [-0.1, -0.05) is 53.8 Å². The van der Waals surface area contributed by atoms with Gasteiger partial charge in [0.25, 0.3) is 5.91 Å². The zero-order chi connectivity index (χ0) is 18.0. The lowest BCUT2D eigenvalue weighted by molar-refractivity contribution is 0.0945. The van der Waals surface area contributed by atoms with Gasteiger partial charge in [-0.25, -0.2) is 0 Å². The molecule has 1 aliphatic carbocycles. The minimum absolute atomic E-state index is 0.242. The third-order valence-corrected chi connectivity index (χ3v) is 5.84. The minimum Gasteiger partial charge on any atom is -0.344 e. The molecule has 1 saturated carbocycles. The predicted molar refractivity (Wildman–Crippen MR) is 98.5 cm³/mol. The quantitative estimate of drug-likeness (QED) is 0.693. The van der Waals surface area contributed by atoms with E-state index in [9.17, 15) is 4.79 Å². The summed E-state index contributed by atoms with van der Waals surface area (Å²) >= 11 is 1.47. The van der Waals surface area contributed by atoms with Gasteiger partial charge >= 0.3 is 0 Å². The predicted octanol–water partition coefficient (Wildman–Crippen LogP) is 2.92. The van der Waals surface area contributed by atoms with E-state index < -0.39 is 0 Å². The molecule has 1 amide bonds. The Kier molecular flexibility index (Phi) is 4.50. The molecule has 0 unspecified atom stereocenters. The summed E-state index contributed by atoms with van der Waals surface area (Å²) in [7, 11) is 0. The molecule has 2 heterocycles. The van der Waals surface area contributed by atoms with E-state index in [1.54, 1.807) is 10.9 Å². The molecule has 0 radical (unpaired) electrons. The van der Waals surface area contributed by atoms with Gasteiger partial charge in [0.15, 0.2) is 5.69 Å². The molecule has 3 aromatic rings. The molecule has 1 aromatic carbocycles. The zero-order valence-electron chi connectivity index (χ0n) is 14.6. The van der Waals surface area contributed by atoms with Crippen LogP contribution in [0.5, 0.6) is 0 Å². The van der Waals surface area contributed by atoms with Crippen LogP contribution in [0.3, 0.4) is 0 Å². The summed E-state index contributed by atoms with van der Waals surface area (Å²) in [5.41, 5.74) is 1.72. The molecule has 26 heavy (non-hydrogen) atoms. The Bertz CT molecular complexity index is 899. The van der Waals surface area contributed by atoms with E-state index in [4.69, 9.17) is 0 Å². The van der Waals surface area contributed by atoms with Gasteiger partial charge < -0.3 is 5.32 Å². The largest absolute Gasteiger partial charge is 0.344 e. The molecule has 0 saturated heterocycles. The van der Waals surface area contributed by atoms with Crippen molar-refractivity contribution in [2.75, 3.05) is 0 Å². The molecule has 0 spiro atoms. The lowest BCUT2D eigenvalue weighted by Crippen LogP contribution is -2.23. The van der Waals surface area contributed by atoms with Crippen LogP contribution in [-0.4, -0.2) is 31.1 Å². The van der Waals surface area contributed by atoms with Crippen molar-refractivity contribution in [3.8, 4) is 10.6 Å². The second-order valence-electron chi connectivity index (χ2n) is 6.70. The second kappa shape index (κ2) is 6.95. The number of hydrogen-bond acceptors (Lipinski definition) is 6. The van der Waals surface area contributed by atoms with E-state index in [1.165, 1.54) is 24.2 Å². The molecule has 2 aromatic heterocycles. The van der Waals surface area contributed by atoms with Crippen LogP contribution in [0.2, 0.25) is 0 Å². The molecular formula is C18H20N6OS. The molecule has 1 fully saturated rings. The summed E-state index contributed by atoms with van der Waals surface area (Å²) in [4.78, 5) is 12.3. The van der Waals surface area contributed by atoms with E-state index in [-0.39, 0.29) is 5.91 Å². The number of nitrogens with zero attached hydrogens (tertiary/aromatic N) is 5. The van der Waals surface area contributed by atoms with Gasteiger partial charge in [0, 0.05) is 12.1 Å². The molecule has 4 rings (SSSR count). The van der Waals surface area contributed by atoms with E-state index in [2.05, 4.69) is 32.7 Å². The zero-order valence-corrected chi connectivity index (χ0v) is 15.4. The number of hydrogen-bond donors (Lipinski definition) is 1. The highest BCUT2D eigenvalue weighted by atomic mass is 32.1. The minimum atomic E-state index is -0.242. The fraction of sp³-hybridized carbons (Fsp3) is 0.389. The molecule has 1 N–H and O–H groups in total. The summed E-state index contributed by atoms with van der Waals surface area (Å²) in [5.74, 6) is -0.242. The average molecular weight is 368 g/mol. The lowest BCUT2D eigenvalue weighted by Gasteiger charge is -2.10. The maximum absolute atomic E-state index is 12.3. The number of rotatable bonds is 7. The van der Waals surface area contributed by atoms with Crippen LogP contribution in [0.15, 0.2) is 36.5 Å². The fourth-order valence-corrected chi connectivity index (χ4v) is 3.68. The number of carbonyl (C=O) groups is 1. The van der Waals surface area contributed by atoms with E-state index >= 15 is 0 Å². The van der Waals surface area contributed by atoms with Crippen molar-refractivity contribution in [2.45, 2.75) is 39.3 Å². The first kappa shape index (κ1) is 16.8. The third-order valence-electron chi connectivity index (χ3n) is 4.86. The topological polar surface area (TPSA) is 85.6 Å². The summed E-state index contributed by atoms with van der Waals surface area (Å²) in [5, 5.41) is 20.9. The van der Waals surface area contributed by atoms with Gasteiger partial charge in [-0.15, -0.1) is 15.3 Å². The van der Waals surface area contributed by atoms with Gasteiger partial charge in [-0.2, -0.15) is 0 Å². The third kappa shape index (κ3) is 3.65. The molecule has 134 valence electrons. The van der Waals surface area contributed by atoms with Crippen LogP contribution in [-0.2, 0) is 13.1 Å². The smallest absolute Gasteiger partial charge is 0.273 e. The maximum Gasteiger partial charge on any atom is 0.273 e. The van der Waals surface area contributed by atoms with Crippen LogP contribution >= 0.6 is 11.3 Å². The Labute approximate surface area is 155 Å². The van der Waals surface area contributed by atoms with Crippen molar-refractivity contribution in [3.05, 3.63) is 47.2 Å². The standard InChI is InChI=1S/C18H20N6OS/c1-2-18(8-9-18)12-24-11-14(20-23-24)16(25)19-10-15-21-22-17(26-15)13-6-4-3-5-7-13/h3-7,11H,2,8-10,12H2,1H3,(H,19,25). The number of nitrogens with one attached hydrogen (secondary N) is 1. The second-order valence-corrected chi connectivity index (χ2v) is 7.77. The SMILES string of the molecule is CCC1(Cn2cc(C(=O)NCc3nnc(-c4ccccc4)s3)nn2)CC1. The highest BCUT2D eigenvalue weighted by molar-refractivity contribution is 7.14. The van der Waals surface area contributed by atoms with Crippen molar-refractivity contribution < 1.29 is 4.79 Å². The molecule has 0 bridgehead atoms. The number of amides is 1. The van der Waals surface area contributed by atoms with Crippen molar-refractivity contribution in [2.24, 2.45) is 5.41 Å².